The smallest absolute Gasteiger partial charge is 0.323 e. The van der Waals surface area contributed by atoms with Crippen LogP contribution >= 0.6 is 24.8 Å². The second-order valence-electron chi connectivity index (χ2n) is 8.55. The number of nitrogens with two attached hydrogens (primary N) is 1. The highest BCUT2D eigenvalue weighted by atomic mass is 35.5. The van der Waals surface area contributed by atoms with Gasteiger partial charge < -0.3 is 20.5 Å². The maximum Gasteiger partial charge on any atom is 0.323 e. The third kappa shape index (κ3) is 9.50. The van der Waals surface area contributed by atoms with Crippen LogP contribution in [0, 0.1) is 12.3 Å². The SMILES string of the molecule is CCOC(=O)CS(=O)(=O)N(C/C=C/c1cccc(C(=N)N)c1)c1ccc(OC2CCNCC2)c(C)c1.Cl.Cl. The van der Waals surface area contributed by atoms with Gasteiger partial charge in [0.25, 0.3) is 0 Å². The van der Waals surface area contributed by atoms with Gasteiger partial charge in [-0.1, -0.05) is 30.4 Å². The van der Waals surface area contributed by atoms with Gasteiger partial charge in [-0.25, -0.2) is 8.42 Å². The van der Waals surface area contributed by atoms with Crippen molar-refractivity contribution in [2.24, 2.45) is 5.73 Å². The van der Waals surface area contributed by atoms with E-state index in [4.69, 9.17) is 20.6 Å². The second kappa shape index (κ2) is 15.6. The Balaban J connectivity index is 0.00000361. The Morgan fingerprint density at radius 3 is 2.53 bits per heavy atom. The molecular formula is C26H36Cl2N4O5S. The molecule has 0 spiro atoms. The molecule has 1 aliphatic rings. The number of hydrogen-bond donors (Lipinski definition) is 3. The highest BCUT2D eigenvalue weighted by Gasteiger charge is 2.26. The Labute approximate surface area is 237 Å². The van der Waals surface area contributed by atoms with Gasteiger partial charge in [0.05, 0.1) is 18.8 Å². The minimum absolute atomic E-state index is 0. The number of nitrogens with one attached hydrogen (secondary N) is 2. The Morgan fingerprint density at radius 1 is 1.18 bits per heavy atom. The molecule has 1 heterocycles. The molecular weight excluding hydrogens is 551 g/mol. The van der Waals surface area contributed by atoms with Crippen LogP contribution in [0.25, 0.3) is 6.08 Å². The number of carbonyl (C=O) groups excluding carboxylic acids is 1. The average molecular weight is 588 g/mol. The standard InChI is InChI=1S/C26H34N4O5S.2ClH/c1-3-34-25(31)18-36(32,33)30(15-5-7-20-6-4-8-21(17-20)26(27)28)22-9-10-24(19(2)16-22)35-23-11-13-29-14-12-23;;/h4-10,16-17,23,29H,3,11-15,18H2,1-2H3,(H3,27,28);2*1H/b7-5+;;. The van der Waals surface area contributed by atoms with Crippen LogP contribution in [0.2, 0.25) is 0 Å². The molecule has 0 aromatic heterocycles. The number of halogens is 2. The van der Waals surface area contributed by atoms with Gasteiger partial charge in [0.1, 0.15) is 17.7 Å². The largest absolute Gasteiger partial charge is 0.490 e. The number of nitrogen functional groups attached to an aromatic ring is 1. The molecule has 0 aliphatic carbocycles. The molecule has 0 saturated carbocycles. The lowest BCUT2D eigenvalue weighted by molar-refractivity contribution is -0.139. The van der Waals surface area contributed by atoms with Crippen molar-refractivity contribution in [3.8, 4) is 5.75 Å². The van der Waals surface area contributed by atoms with Crippen molar-refractivity contribution >= 4 is 58.4 Å². The highest BCUT2D eigenvalue weighted by Crippen LogP contribution is 2.28. The zero-order valence-corrected chi connectivity index (χ0v) is 24.0. The molecule has 2 aromatic rings. The van der Waals surface area contributed by atoms with Gasteiger partial charge in [-0.2, -0.15) is 0 Å². The quantitative estimate of drug-likeness (QED) is 0.208. The molecule has 3 rings (SSSR count). The monoisotopic (exact) mass is 586 g/mol. The fourth-order valence-corrected chi connectivity index (χ4v) is 5.20. The molecule has 1 saturated heterocycles. The predicted octanol–water partition coefficient (Wildman–Crippen LogP) is 3.67. The number of sulfonamides is 1. The fourth-order valence-electron chi connectivity index (χ4n) is 3.92. The molecule has 0 bridgehead atoms. The molecule has 0 amide bonds. The van der Waals surface area contributed by atoms with E-state index in [0.717, 1.165) is 37.1 Å². The minimum Gasteiger partial charge on any atom is -0.490 e. The molecule has 38 heavy (non-hydrogen) atoms. The number of benzene rings is 2. The lowest BCUT2D eigenvalue weighted by atomic mass is 10.1. The van der Waals surface area contributed by atoms with Gasteiger partial charge >= 0.3 is 5.97 Å². The third-order valence-electron chi connectivity index (χ3n) is 5.75. The number of carbonyl (C=O) groups is 1. The van der Waals surface area contributed by atoms with E-state index in [1.54, 1.807) is 55.5 Å². The van der Waals surface area contributed by atoms with Gasteiger partial charge in [0, 0.05) is 5.56 Å². The number of aryl methyl sites for hydroxylation is 1. The average Bonchev–Trinajstić information content (AvgIpc) is 2.83. The molecule has 1 fully saturated rings. The molecule has 2 aromatic carbocycles. The number of ether oxygens (including phenoxy) is 2. The number of amidine groups is 1. The maximum absolute atomic E-state index is 13.2. The van der Waals surface area contributed by atoms with Crippen molar-refractivity contribution in [2.75, 3.05) is 36.3 Å². The Bertz CT molecular complexity index is 1220. The van der Waals surface area contributed by atoms with Crippen molar-refractivity contribution < 1.29 is 22.7 Å². The van der Waals surface area contributed by atoms with E-state index in [0.29, 0.717) is 17.0 Å². The summed E-state index contributed by atoms with van der Waals surface area (Å²) in [6.07, 6.45) is 5.39. The van der Waals surface area contributed by atoms with Crippen molar-refractivity contribution in [1.82, 2.24) is 5.32 Å². The summed E-state index contributed by atoms with van der Waals surface area (Å²) in [5, 5.41) is 10.9. The van der Waals surface area contributed by atoms with Crippen molar-refractivity contribution in [3.63, 3.8) is 0 Å². The summed E-state index contributed by atoms with van der Waals surface area (Å²) < 4.78 is 38.7. The summed E-state index contributed by atoms with van der Waals surface area (Å²) in [4.78, 5) is 12.0. The van der Waals surface area contributed by atoms with E-state index in [2.05, 4.69) is 5.32 Å². The van der Waals surface area contributed by atoms with Crippen molar-refractivity contribution in [3.05, 3.63) is 65.2 Å². The minimum atomic E-state index is -4.03. The summed E-state index contributed by atoms with van der Waals surface area (Å²) in [6, 6.07) is 12.3. The number of esters is 1. The molecule has 4 N–H and O–H groups in total. The first-order chi connectivity index (χ1) is 17.2. The van der Waals surface area contributed by atoms with E-state index in [1.807, 2.05) is 13.0 Å². The van der Waals surface area contributed by atoms with Crippen LogP contribution in [0.3, 0.4) is 0 Å². The molecule has 9 nitrogen and oxygen atoms in total. The van der Waals surface area contributed by atoms with Crippen LogP contribution in [0.5, 0.6) is 5.75 Å². The van der Waals surface area contributed by atoms with Gasteiger partial charge in [0.2, 0.25) is 10.0 Å². The Morgan fingerprint density at radius 2 is 1.89 bits per heavy atom. The van der Waals surface area contributed by atoms with E-state index in [-0.39, 0.29) is 49.9 Å². The maximum atomic E-state index is 13.2. The number of nitrogens with zero attached hydrogens (tertiary/aromatic N) is 1. The molecule has 210 valence electrons. The summed E-state index contributed by atoms with van der Waals surface area (Å²) in [5.41, 5.74) is 8.14. The first-order valence-corrected chi connectivity index (χ1v) is 13.6. The molecule has 12 heteroatoms. The lowest BCUT2D eigenvalue weighted by Crippen LogP contribution is -2.36. The number of rotatable bonds is 11. The first-order valence-electron chi connectivity index (χ1n) is 11.9. The summed E-state index contributed by atoms with van der Waals surface area (Å²) >= 11 is 0. The lowest BCUT2D eigenvalue weighted by Gasteiger charge is -2.26. The second-order valence-corrected chi connectivity index (χ2v) is 10.4. The predicted molar refractivity (Wildman–Crippen MR) is 156 cm³/mol. The zero-order chi connectivity index (χ0) is 26.1. The topological polar surface area (TPSA) is 135 Å². The molecule has 1 aliphatic heterocycles. The van der Waals surface area contributed by atoms with Gasteiger partial charge in [0.15, 0.2) is 5.75 Å². The van der Waals surface area contributed by atoms with Crippen LogP contribution in [-0.4, -0.2) is 58.3 Å². The molecule has 0 radical (unpaired) electrons. The van der Waals surface area contributed by atoms with Crippen LogP contribution in [-0.2, 0) is 19.6 Å². The summed E-state index contributed by atoms with van der Waals surface area (Å²) in [6.45, 7) is 5.42. The fraction of sp³-hybridized carbons (Fsp3) is 0.385. The normalized spacial score (nSPS) is 13.7. The van der Waals surface area contributed by atoms with Crippen LogP contribution in [0.1, 0.15) is 36.5 Å². The van der Waals surface area contributed by atoms with Crippen LogP contribution in [0.15, 0.2) is 48.5 Å². The molecule has 0 atom stereocenters. The van der Waals surface area contributed by atoms with Crippen molar-refractivity contribution in [1.29, 1.82) is 5.41 Å². The Kier molecular flexibility index (Phi) is 13.6. The number of piperidine rings is 1. The van der Waals surface area contributed by atoms with Crippen LogP contribution in [0.4, 0.5) is 5.69 Å². The van der Waals surface area contributed by atoms with E-state index >= 15 is 0 Å². The summed E-state index contributed by atoms with van der Waals surface area (Å²) in [5.74, 6) is -0.902. The third-order valence-corrected chi connectivity index (χ3v) is 7.38. The molecule has 0 unspecified atom stereocenters. The van der Waals surface area contributed by atoms with Gasteiger partial charge in [-0.15, -0.1) is 24.8 Å². The number of hydrogen-bond acceptors (Lipinski definition) is 7. The van der Waals surface area contributed by atoms with Gasteiger partial charge in [-0.3, -0.25) is 14.5 Å². The number of anilines is 1. The first kappa shape index (κ1) is 33.2. The van der Waals surface area contributed by atoms with E-state index < -0.39 is 21.7 Å². The zero-order valence-electron chi connectivity index (χ0n) is 21.5. The van der Waals surface area contributed by atoms with Gasteiger partial charge in [-0.05, 0) is 75.2 Å². The van der Waals surface area contributed by atoms with Crippen LogP contribution < -0.4 is 20.1 Å². The Hall–Kier alpha value is -2.79. The van der Waals surface area contributed by atoms with E-state index in [1.165, 1.54) is 4.31 Å². The van der Waals surface area contributed by atoms with Crippen molar-refractivity contribution in [2.45, 2.75) is 32.8 Å². The summed E-state index contributed by atoms with van der Waals surface area (Å²) in [7, 11) is -4.03. The van der Waals surface area contributed by atoms with E-state index in [9.17, 15) is 13.2 Å². The highest BCUT2D eigenvalue weighted by molar-refractivity contribution is 7.93.